The van der Waals surface area contributed by atoms with Crippen LogP contribution >= 0.6 is 0 Å². The summed E-state index contributed by atoms with van der Waals surface area (Å²) >= 11 is 0. The van der Waals surface area contributed by atoms with Gasteiger partial charge in [0.05, 0.1) is 5.71 Å². The van der Waals surface area contributed by atoms with E-state index in [9.17, 15) is 10.5 Å². The summed E-state index contributed by atoms with van der Waals surface area (Å²) in [4.78, 5) is 10.9. The average Bonchev–Trinajstić information content (AvgIpc) is 3.55. The summed E-state index contributed by atoms with van der Waals surface area (Å²) in [5.74, 6) is 2.40. The standard InChI is InChI=1S/C46H45N5O/c1-45(2,3)33-27-37(43(52)38(28-33)46(4,5)6)42(47)36-23-15-16-24-39(36)49-40-25-32(30-17-9-7-10-18-30)26-41(50-40)51(34-20-11-8-12-21-34)44-35-22-14-13-19-31(35)29-48-44/h7-29,47-48,52H,1-6H3,(H,49,50). The van der Waals surface area contributed by atoms with Crippen molar-refractivity contribution in [2.24, 2.45) is 0 Å². The molecule has 0 radical (unpaired) electrons. The van der Waals surface area contributed by atoms with Gasteiger partial charge in [0.25, 0.3) is 0 Å². The molecule has 4 N–H and O–H groups in total. The minimum absolute atomic E-state index is 0.142. The van der Waals surface area contributed by atoms with Crippen molar-refractivity contribution in [1.82, 2.24) is 9.97 Å². The van der Waals surface area contributed by atoms with Crippen LogP contribution < -0.4 is 10.2 Å². The third kappa shape index (κ3) is 6.80. The van der Waals surface area contributed by atoms with Crippen LogP contribution in [-0.4, -0.2) is 20.8 Å². The van der Waals surface area contributed by atoms with Gasteiger partial charge in [-0.3, -0.25) is 10.3 Å². The van der Waals surface area contributed by atoms with Crippen LogP contribution in [-0.2, 0) is 10.8 Å². The van der Waals surface area contributed by atoms with E-state index < -0.39 is 0 Å². The summed E-state index contributed by atoms with van der Waals surface area (Å²) < 4.78 is 0. The van der Waals surface area contributed by atoms with E-state index in [1.165, 1.54) is 0 Å². The van der Waals surface area contributed by atoms with E-state index in [4.69, 9.17) is 4.98 Å². The van der Waals surface area contributed by atoms with E-state index in [1.54, 1.807) is 0 Å². The lowest BCUT2D eigenvalue weighted by Gasteiger charge is -2.28. The highest BCUT2D eigenvalue weighted by Gasteiger charge is 2.27. The quantitative estimate of drug-likeness (QED) is 0.120. The van der Waals surface area contributed by atoms with Crippen LogP contribution in [0.3, 0.4) is 0 Å². The Bertz CT molecular complexity index is 2380. The first-order chi connectivity index (χ1) is 24.9. The third-order valence-electron chi connectivity index (χ3n) is 9.48. The highest BCUT2D eigenvalue weighted by molar-refractivity contribution is 6.16. The number of nitrogens with one attached hydrogen (secondary N) is 3. The molecule has 0 amide bonds. The second-order valence-electron chi connectivity index (χ2n) is 15.3. The largest absolute Gasteiger partial charge is 0.507 e. The minimum atomic E-state index is -0.314. The number of para-hydroxylation sites is 2. The van der Waals surface area contributed by atoms with E-state index in [2.05, 4.69) is 111 Å². The van der Waals surface area contributed by atoms with Crippen molar-refractivity contribution in [2.75, 3.05) is 10.2 Å². The molecule has 7 rings (SSSR count). The van der Waals surface area contributed by atoms with Gasteiger partial charge in [-0.05, 0) is 63.9 Å². The van der Waals surface area contributed by atoms with Crippen molar-refractivity contribution >= 4 is 45.3 Å². The molecule has 2 aromatic heterocycles. The van der Waals surface area contributed by atoms with E-state index >= 15 is 0 Å². The van der Waals surface area contributed by atoms with Gasteiger partial charge >= 0.3 is 0 Å². The summed E-state index contributed by atoms with van der Waals surface area (Å²) in [5, 5.41) is 27.0. The van der Waals surface area contributed by atoms with Crippen molar-refractivity contribution < 1.29 is 5.11 Å². The highest BCUT2D eigenvalue weighted by atomic mass is 16.3. The summed E-state index contributed by atoms with van der Waals surface area (Å²) in [6, 6.07) is 44.8. The van der Waals surface area contributed by atoms with E-state index in [1.807, 2.05) is 85.1 Å². The molecule has 52 heavy (non-hydrogen) atoms. The molecule has 7 aromatic rings. The van der Waals surface area contributed by atoms with Crippen molar-refractivity contribution in [2.45, 2.75) is 52.4 Å². The first-order valence-electron chi connectivity index (χ1n) is 17.7. The zero-order chi connectivity index (χ0) is 36.6. The first-order valence-corrected chi connectivity index (χ1v) is 17.7. The molecule has 6 heteroatoms. The number of aromatic nitrogens is 2. The van der Waals surface area contributed by atoms with E-state index in [-0.39, 0.29) is 22.3 Å². The molecule has 0 fully saturated rings. The summed E-state index contributed by atoms with van der Waals surface area (Å²) in [5.41, 5.74) is 6.53. The number of benzene rings is 5. The molecule has 260 valence electrons. The van der Waals surface area contributed by atoms with Gasteiger partial charge in [-0.15, -0.1) is 0 Å². The zero-order valence-corrected chi connectivity index (χ0v) is 30.6. The number of aromatic amines is 1. The molecule has 0 aliphatic carbocycles. The second-order valence-corrected chi connectivity index (χ2v) is 15.3. The van der Waals surface area contributed by atoms with Gasteiger partial charge in [-0.25, -0.2) is 4.98 Å². The van der Waals surface area contributed by atoms with E-state index in [0.717, 1.165) is 50.3 Å². The Hall–Kier alpha value is -6.14. The number of fused-ring (bicyclic) bond motifs is 1. The molecule has 0 spiro atoms. The Morgan fingerprint density at radius 3 is 2.06 bits per heavy atom. The summed E-state index contributed by atoms with van der Waals surface area (Å²) in [7, 11) is 0. The number of hydrogen-bond acceptors (Lipinski definition) is 5. The smallest absolute Gasteiger partial charge is 0.141 e. The predicted molar refractivity (Wildman–Crippen MR) is 217 cm³/mol. The molecule has 2 heterocycles. The number of H-pyrrole nitrogens is 1. The Labute approximate surface area is 306 Å². The zero-order valence-electron chi connectivity index (χ0n) is 30.6. The first kappa shape index (κ1) is 34.3. The van der Waals surface area contributed by atoms with Crippen LogP contribution in [0.15, 0.2) is 140 Å². The maximum atomic E-state index is 11.7. The maximum absolute atomic E-state index is 11.7. The van der Waals surface area contributed by atoms with Crippen LogP contribution in [0.1, 0.15) is 63.8 Å². The number of pyridine rings is 1. The topological polar surface area (TPSA) is 88.0 Å². The predicted octanol–water partition coefficient (Wildman–Crippen LogP) is 12.2. The Balaban J connectivity index is 1.38. The molecular formula is C46H45N5O. The van der Waals surface area contributed by atoms with Gasteiger partial charge < -0.3 is 15.4 Å². The van der Waals surface area contributed by atoms with Gasteiger partial charge in [-0.2, -0.15) is 0 Å². The molecule has 0 saturated heterocycles. The van der Waals surface area contributed by atoms with Gasteiger partial charge in [0.1, 0.15) is 23.2 Å². The molecule has 0 bridgehead atoms. The van der Waals surface area contributed by atoms with Gasteiger partial charge in [-0.1, -0.05) is 139 Å². The number of phenols is 1. The number of phenolic OH excluding ortho intramolecular Hbond substituents is 1. The molecule has 5 aromatic carbocycles. The van der Waals surface area contributed by atoms with Crippen molar-refractivity contribution in [3.63, 3.8) is 0 Å². The van der Waals surface area contributed by atoms with Crippen molar-refractivity contribution in [3.8, 4) is 16.9 Å². The number of rotatable bonds is 8. The van der Waals surface area contributed by atoms with Gasteiger partial charge in [0, 0.05) is 45.0 Å². The van der Waals surface area contributed by atoms with Gasteiger partial charge in [0.15, 0.2) is 0 Å². The van der Waals surface area contributed by atoms with Crippen LogP contribution in [0, 0.1) is 5.41 Å². The minimum Gasteiger partial charge on any atom is -0.507 e. The van der Waals surface area contributed by atoms with E-state index in [0.29, 0.717) is 22.6 Å². The summed E-state index contributed by atoms with van der Waals surface area (Å²) in [6.45, 7) is 12.8. The maximum Gasteiger partial charge on any atom is 0.141 e. The Kier molecular flexibility index (Phi) is 8.93. The highest BCUT2D eigenvalue weighted by Crippen LogP contribution is 2.41. The normalized spacial score (nSPS) is 11.8. The monoisotopic (exact) mass is 683 g/mol. The number of nitrogens with zero attached hydrogens (tertiary/aromatic N) is 2. The number of aromatic hydroxyl groups is 1. The third-order valence-corrected chi connectivity index (χ3v) is 9.48. The fourth-order valence-electron chi connectivity index (χ4n) is 6.62. The van der Waals surface area contributed by atoms with Crippen LogP contribution in [0.4, 0.5) is 28.8 Å². The molecule has 0 unspecified atom stereocenters. The SMILES string of the molecule is CC(C)(C)c1cc(C(=N)c2ccccc2Nc2cc(-c3ccccc3)cc(N(c3ccccc3)c3[nH]cc4ccccc34)n2)c(O)c(C(C)(C)C)c1. The summed E-state index contributed by atoms with van der Waals surface area (Å²) in [6.07, 6.45) is 2.03. The molecule has 0 saturated carbocycles. The Morgan fingerprint density at radius 1 is 0.692 bits per heavy atom. The number of anilines is 5. The van der Waals surface area contributed by atoms with Crippen molar-refractivity contribution in [1.29, 1.82) is 5.41 Å². The number of hydrogen-bond donors (Lipinski definition) is 4. The lowest BCUT2D eigenvalue weighted by Crippen LogP contribution is -2.19. The molecule has 0 aliphatic heterocycles. The molecule has 6 nitrogen and oxygen atoms in total. The van der Waals surface area contributed by atoms with Crippen LogP contribution in [0.25, 0.3) is 21.9 Å². The van der Waals surface area contributed by atoms with Crippen molar-refractivity contribution in [3.05, 3.63) is 162 Å². The fourth-order valence-corrected chi connectivity index (χ4v) is 6.62. The Morgan fingerprint density at radius 2 is 1.35 bits per heavy atom. The lowest BCUT2D eigenvalue weighted by atomic mass is 9.78. The molecule has 0 aliphatic rings. The molecule has 0 atom stereocenters. The van der Waals surface area contributed by atoms with Crippen LogP contribution in [0.5, 0.6) is 5.75 Å². The average molecular weight is 684 g/mol. The van der Waals surface area contributed by atoms with Gasteiger partial charge in [0.2, 0.25) is 0 Å². The van der Waals surface area contributed by atoms with Crippen LogP contribution in [0.2, 0.25) is 0 Å². The molecular weight excluding hydrogens is 639 g/mol. The fraction of sp³-hybridized carbons (Fsp3) is 0.174. The second kappa shape index (κ2) is 13.5. The lowest BCUT2D eigenvalue weighted by molar-refractivity contribution is 0.443.